The zero-order valence-electron chi connectivity index (χ0n) is 9.70. The second-order valence-electron chi connectivity index (χ2n) is 4.35. The van der Waals surface area contributed by atoms with Crippen LogP contribution in [0.25, 0.3) is 10.8 Å². The van der Waals surface area contributed by atoms with E-state index in [0.717, 1.165) is 20.8 Å². The molecule has 0 spiro atoms. The van der Waals surface area contributed by atoms with Crippen molar-refractivity contribution in [2.24, 2.45) is 0 Å². The third-order valence-corrected chi connectivity index (χ3v) is 3.33. The van der Waals surface area contributed by atoms with Crippen LogP contribution in [0.1, 0.15) is 35.7 Å². The molecule has 2 aromatic rings. The summed E-state index contributed by atoms with van der Waals surface area (Å²) in [5.74, 6) is -0.685. The van der Waals surface area contributed by atoms with E-state index in [0.29, 0.717) is 5.56 Å². The van der Waals surface area contributed by atoms with Crippen molar-refractivity contribution in [3.8, 4) is 0 Å². The number of halogens is 1. The first-order valence-electron chi connectivity index (χ1n) is 5.46. The molecule has 0 aliphatic rings. The number of hydrogen-bond donors (Lipinski definition) is 1. The molecule has 2 nitrogen and oxygen atoms in total. The van der Waals surface area contributed by atoms with Gasteiger partial charge in [0.15, 0.2) is 0 Å². The van der Waals surface area contributed by atoms with Crippen LogP contribution < -0.4 is 0 Å². The predicted molar refractivity (Wildman–Crippen MR) is 72.7 cm³/mol. The second-order valence-corrected chi connectivity index (χ2v) is 5.27. The summed E-state index contributed by atoms with van der Waals surface area (Å²) < 4.78 is 0.967. The molecule has 1 N–H and O–H groups in total. The molecule has 88 valence electrons. The Morgan fingerprint density at radius 3 is 2.47 bits per heavy atom. The Hall–Kier alpha value is -1.35. The predicted octanol–water partition coefficient (Wildman–Crippen LogP) is 4.42. The van der Waals surface area contributed by atoms with Crippen molar-refractivity contribution >= 4 is 32.7 Å². The maximum absolute atomic E-state index is 11.2. The minimum Gasteiger partial charge on any atom is -0.478 e. The first-order chi connectivity index (χ1) is 8.00. The van der Waals surface area contributed by atoms with Crippen molar-refractivity contribution in [1.82, 2.24) is 0 Å². The van der Waals surface area contributed by atoms with Gasteiger partial charge in [0.1, 0.15) is 0 Å². The van der Waals surface area contributed by atoms with Gasteiger partial charge < -0.3 is 5.11 Å². The van der Waals surface area contributed by atoms with E-state index in [4.69, 9.17) is 0 Å². The van der Waals surface area contributed by atoms with Gasteiger partial charge in [0.05, 0.1) is 5.56 Å². The van der Waals surface area contributed by atoms with Gasteiger partial charge in [-0.2, -0.15) is 0 Å². The van der Waals surface area contributed by atoms with Gasteiger partial charge in [-0.3, -0.25) is 0 Å². The lowest BCUT2D eigenvalue weighted by atomic mass is 9.91. The Morgan fingerprint density at radius 2 is 1.88 bits per heavy atom. The van der Waals surface area contributed by atoms with Crippen LogP contribution in [0.5, 0.6) is 0 Å². The largest absolute Gasteiger partial charge is 0.478 e. The zero-order chi connectivity index (χ0) is 12.6. The van der Waals surface area contributed by atoms with Gasteiger partial charge in [0.2, 0.25) is 0 Å². The summed E-state index contributed by atoms with van der Waals surface area (Å²) in [4.78, 5) is 11.2. The highest BCUT2D eigenvalue weighted by Crippen LogP contribution is 2.31. The van der Waals surface area contributed by atoms with E-state index >= 15 is 0 Å². The second kappa shape index (κ2) is 4.49. The molecule has 0 atom stereocenters. The molecule has 0 aromatic heterocycles. The van der Waals surface area contributed by atoms with Crippen LogP contribution in [-0.4, -0.2) is 11.1 Å². The van der Waals surface area contributed by atoms with Crippen molar-refractivity contribution in [2.75, 3.05) is 0 Å². The zero-order valence-corrected chi connectivity index (χ0v) is 11.3. The third kappa shape index (κ3) is 2.20. The van der Waals surface area contributed by atoms with E-state index in [9.17, 15) is 9.90 Å². The van der Waals surface area contributed by atoms with Crippen molar-refractivity contribution < 1.29 is 9.90 Å². The van der Waals surface area contributed by atoms with Crippen LogP contribution in [-0.2, 0) is 0 Å². The lowest BCUT2D eigenvalue weighted by Crippen LogP contribution is -2.04. The van der Waals surface area contributed by atoms with E-state index in [2.05, 4.69) is 15.9 Å². The molecule has 0 aliphatic heterocycles. The molecule has 0 radical (unpaired) electrons. The molecule has 0 unspecified atom stereocenters. The minimum atomic E-state index is -0.865. The molecule has 0 aliphatic carbocycles. The van der Waals surface area contributed by atoms with Crippen LogP contribution in [0.3, 0.4) is 0 Å². The van der Waals surface area contributed by atoms with Gasteiger partial charge in [-0.25, -0.2) is 4.79 Å². The van der Waals surface area contributed by atoms with E-state index in [1.165, 1.54) is 0 Å². The summed E-state index contributed by atoms with van der Waals surface area (Å²) in [6, 6.07) is 9.49. The normalized spacial score (nSPS) is 11.1. The van der Waals surface area contributed by atoms with E-state index in [1.54, 1.807) is 6.07 Å². The Labute approximate surface area is 108 Å². The Kier molecular flexibility index (Phi) is 3.20. The summed E-state index contributed by atoms with van der Waals surface area (Å²) in [5, 5.41) is 11.3. The number of fused-ring (bicyclic) bond motifs is 1. The summed E-state index contributed by atoms with van der Waals surface area (Å²) in [5.41, 5.74) is 1.29. The highest BCUT2D eigenvalue weighted by Gasteiger charge is 2.16. The molecule has 0 bridgehead atoms. The highest BCUT2D eigenvalue weighted by molar-refractivity contribution is 9.10. The van der Waals surface area contributed by atoms with E-state index < -0.39 is 5.97 Å². The summed E-state index contributed by atoms with van der Waals surface area (Å²) >= 11 is 3.43. The molecule has 17 heavy (non-hydrogen) atoms. The number of benzene rings is 2. The number of carboxylic acid groups (broad SMARTS) is 1. The molecule has 0 amide bonds. The standard InChI is InChI=1S/C14H13BrO2/c1-8(2)13-11(14(16)17)6-4-9-3-5-10(15)7-12(9)13/h3-8H,1-2H3,(H,16,17). The average molecular weight is 293 g/mol. The fraction of sp³-hybridized carbons (Fsp3) is 0.214. The summed E-state index contributed by atoms with van der Waals surface area (Å²) in [6.45, 7) is 4.03. The molecule has 2 aromatic carbocycles. The molecule has 0 heterocycles. The minimum absolute atomic E-state index is 0.180. The number of hydrogen-bond acceptors (Lipinski definition) is 1. The third-order valence-electron chi connectivity index (χ3n) is 2.83. The lowest BCUT2D eigenvalue weighted by Gasteiger charge is -2.14. The van der Waals surface area contributed by atoms with E-state index in [1.807, 2.05) is 38.1 Å². The van der Waals surface area contributed by atoms with Crippen LogP contribution in [0.2, 0.25) is 0 Å². The monoisotopic (exact) mass is 292 g/mol. The summed E-state index contributed by atoms with van der Waals surface area (Å²) in [7, 11) is 0. The first kappa shape index (κ1) is 12.1. The number of carbonyl (C=O) groups is 1. The maximum Gasteiger partial charge on any atom is 0.335 e. The van der Waals surface area contributed by atoms with Gasteiger partial charge >= 0.3 is 5.97 Å². The molecule has 3 heteroatoms. The maximum atomic E-state index is 11.2. The van der Waals surface area contributed by atoms with E-state index in [-0.39, 0.29) is 5.92 Å². The Bertz CT molecular complexity index is 588. The van der Waals surface area contributed by atoms with Crippen LogP contribution >= 0.6 is 15.9 Å². The van der Waals surface area contributed by atoms with Gasteiger partial charge in [-0.05, 0) is 40.5 Å². The van der Waals surface area contributed by atoms with Crippen LogP contribution in [0.15, 0.2) is 34.8 Å². The molecule has 0 fully saturated rings. The number of carboxylic acids is 1. The van der Waals surface area contributed by atoms with Crippen LogP contribution in [0, 0.1) is 0 Å². The first-order valence-corrected chi connectivity index (χ1v) is 6.25. The highest BCUT2D eigenvalue weighted by atomic mass is 79.9. The average Bonchev–Trinajstić information content (AvgIpc) is 2.26. The molecular formula is C14H13BrO2. The van der Waals surface area contributed by atoms with Crippen molar-refractivity contribution in [3.63, 3.8) is 0 Å². The topological polar surface area (TPSA) is 37.3 Å². The van der Waals surface area contributed by atoms with Gasteiger partial charge in [-0.15, -0.1) is 0 Å². The molecule has 2 rings (SSSR count). The SMILES string of the molecule is CC(C)c1c(C(=O)O)ccc2ccc(Br)cc12. The molecular weight excluding hydrogens is 280 g/mol. The quantitative estimate of drug-likeness (QED) is 0.889. The number of aromatic carboxylic acids is 1. The number of rotatable bonds is 2. The van der Waals surface area contributed by atoms with Gasteiger partial charge in [0, 0.05) is 4.47 Å². The lowest BCUT2D eigenvalue weighted by molar-refractivity contribution is 0.0695. The smallest absolute Gasteiger partial charge is 0.335 e. The Balaban J connectivity index is 2.87. The fourth-order valence-electron chi connectivity index (χ4n) is 2.12. The van der Waals surface area contributed by atoms with Crippen molar-refractivity contribution in [3.05, 3.63) is 45.9 Å². The van der Waals surface area contributed by atoms with Crippen molar-refractivity contribution in [2.45, 2.75) is 19.8 Å². The van der Waals surface area contributed by atoms with Gasteiger partial charge in [0.25, 0.3) is 0 Å². The molecule has 0 saturated carbocycles. The Morgan fingerprint density at radius 1 is 1.24 bits per heavy atom. The van der Waals surface area contributed by atoms with Crippen LogP contribution in [0.4, 0.5) is 0 Å². The summed E-state index contributed by atoms with van der Waals surface area (Å²) in [6.07, 6.45) is 0. The van der Waals surface area contributed by atoms with Crippen molar-refractivity contribution in [1.29, 1.82) is 0 Å². The fourth-order valence-corrected chi connectivity index (χ4v) is 2.48. The van der Waals surface area contributed by atoms with Gasteiger partial charge in [-0.1, -0.05) is 41.9 Å². The molecule has 0 saturated heterocycles.